The Bertz CT molecular complexity index is 390. The summed E-state index contributed by atoms with van der Waals surface area (Å²) in [5.74, 6) is 0. The molecule has 0 fully saturated rings. The third-order valence-corrected chi connectivity index (χ3v) is 3.37. The van der Waals surface area contributed by atoms with E-state index in [1.54, 1.807) is 0 Å². The molecular formula is C15H26N2O. The minimum absolute atomic E-state index is 0.102. The van der Waals surface area contributed by atoms with Crippen molar-refractivity contribution in [1.29, 1.82) is 0 Å². The van der Waals surface area contributed by atoms with E-state index < -0.39 is 0 Å². The van der Waals surface area contributed by atoms with Crippen molar-refractivity contribution in [3.05, 3.63) is 34.9 Å². The smallest absolute Gasteiger partial charge is 0.0652 e. The largest absolute Gasteiger partial charge is 0.394 e. The van der Waals surface area contributed by atoms with Gasteiger partial charge in [0.2, 0.25) is 0 Å². The molecule has 0 amide bonds. The normalized spacial score (nSPS) is 14.8. The van der Waals surface area contributed by atoms with Gasteiger partial charge in [-0.2, -0.15) is 0 Å². The van der Waals surface area contributed by atoms with Gasteiger partial charge in [-0.15, -0.1) is 0 Å². The molecular weight excluding hydrogens is 224 g/mol. The first-order chi connectivity index (χ1) is 8.39. The average Bonchev–Trinajstić information content (AvgIpc) is 2.28. The molecule has 1 rings (SSSR count). The Morgan fingerprint density at radius 3 is 2.44 bits per heavy atom. The molecule has 0 bridgehead atoms. The lowest BCUT2D eigenvalue weighted by molar-refractivity contribution is 0.171. The lowest BCUT2D eigenvalue weighted by Gasteiger charge is -2.31. The van der Waals surface area contributed by atoms with Crippen LogP contribution in [0.2, 0.25) is 0 Å². The summed E-state index contributed by atoms with van der Waals surface area (Å²) >= 11 is 0. The quantitative estimate of drug-likeness (QED) is 0.806. The van der Waals surface area contributed by atoms with Crippen LogP contribution in [0.25, 0.3) is 0 Å². The van der Waals surface area contributed by atoms with Gasteiger partial charge in [0, 0.05) is 13.1 Å². The molecule has 0 saturated carbocycles. The highest BCUT2D eigenvalue weighted by molar-refractivity contribution is 5.35. The minimum atomic E-state index is -0.367. The van der Waals surface area contributed by atoms with E-state index in [1.807, 2.05) is 0 Å². The molecule has 18 heavy (non-hydrogen) atoms. The lowest BCUT2D eigenvalue weighted by atomic mass is 9.88. The van der Waals surface area contributed by atoms with E-state index in [0.717, 1.165) is 13.1 Å². The number of likely N-dealkylation sites (N-methyl/N-ethyl adjacent to an activating group) is 1. The summed E-state index contributed by atoms with van der Waals surface area (Å²) < 4.78 is 0. The number of benzene rings is 1. The van der Waals surface area contributed by atoms with E-state index in [0.29, 0.717) is 0 Å². The van der Waals surface area contributed by atoms with Crippen LogP contribution in [-0.4, -0.2) is 43.8 Å². The zero-order valence-corrected chi connectivity index (χ0v) is 12.2. The summed E-state index contributed by atoms with van der Waals surface area (Å²) in [5.41, 5.74) is 3.29. The topological polar surface area (TPSA) is 35.5 Å². The van der Waals surface area contributed by atoms with Crippen molar-refractivity contribution in [3.8, 4) is 0 Å². The van der Waals surface area contributed by atoms with Crippen LogP contribution < -0.4 is 5.32 Å². The van der Waals surface area contributed by atoms with Crippen molar-refractivity contribution < 1.29 is 5.11 Å². The highest BCUT2D eigenvalue weighted by Crippen LogP contribution is 2.24. The van der Waals surface area contributed by atoms with Gasteiger partial charge in [-0.25, -0.2) is 0 Å². The Labute approximate surface area is 111 Å². The molecule has 0 aliphatic carbocycles. The van der Waals surface area contributed by atoms with Crippen molar-refractivity contribution in [2.24, 2.45) is 0 Å². The fraction of sp³-hybridized carbons (Fsp3) is 0.600. The first-order valence-corrected chi connectivity index (χ1v) is 6.47. The predicted molar refractivity (Wildman–Crippen MR) is 76.9 cm³/mol. The van der Waals surface area contributed by atoms with Crippen molar-refractivity contribution in [3.63, 3.8) is 0 Å². The van der Waals surface area contributed by atoms with Crippen LogP contribution in [0.1, 0.15) is 23.6 Å². The maximum atomic E-state index is 9.72. The number of nitrogens with one attached hydrogen (secondary N) is 1. The zero-order chi connectivity index (χ0) is 13.8. The fourth-order valence-corrected chi connectivity index (χ4v) is 2.22. The van der Waals surface area contributed by atoms with Gasteiger partial charge >= 0.3 is 0 Å². The lowest BCUT2D eigenvalue weighted by Crippen LogP contribution is -2.46. The summed E-state index contributed by atoms with van der Waals surface area (Å²) in [4.78, 5) is 2.13. The number of aliphatic hydroxyl groups excluding tert-OH is 1. The minimum Gasteiger partial charge on any atom is -0.394 e. The number of aryl methyl sites for hydroxylation is 2. The summed E-state index contributed by atoms with van der Waals surface area (Å²) in [6.07, 6.45) is 0. The Morgan fingerprint density at radius 1 is 1.28 bits per heavy atom. The summed E-state index contributed by atoms with van der Waals surface area (Å²) in [6.45, 7) is 8.17. The van der Waals surface area contributed by atoms with Crippen molar-refractivity contribution in [2.75, 3.05) is 33.8 Å². The van der Waals surface area contributed by atoms with E-state index in [4.69, 9.17) is 0 Å². The van der Waals surface area contributed by atoms with Crippen LogP contribution in [-0.2, 0) is 5.54 Å². The highest BCUT2D eigenvalue weighted by Gasteiger charge is 2.26. The number of aliphatic hydroxyl groups is 1. The second-order valence-corrected chi connectivity index (χ2v) is 5.54. The second kappa shape index (κ2) is 6.32. The first kappa shape index (κ1) is 15.2. The number of hydrogen-bond acceptors (Lipinski definition) is 3. The monoisotopic (exact) mass is 250 g/mol. The number of nitrogens with zero attached hydrogens (tertiary/aromatic N) is 1. The van der Waals surface area contributed by atoms with Crippen LogP contribution in [0, 0.1) is 13.8 Å². The maximum Gasteiger partial charge on any atom is 0.0652 e. The molecule has 1 aromatic carbocycles. The van der Waals surface area contributed by atoms with Gasteiger partial charge in [0.05, 0.1) is 12.1 Å². The van der Waals surface area contributed by atoms with Gasteiger partial charge in [-0.3, -0.25) is 0 Å². The molecule has 1 unspecified atom stereocenters. The Balaban J connectivity index is 2.85. The summed E-state index contributed by atoms with van der Waals surface area (Å²) in [6, 6.07) is 6.38. The molecule has 1 atom stereocenters. The fourth-order valence-electron chi connectivity index (χ4n) is 2.22. The second-order valence-electron chi connectivity index (χ2n) is 5.54. The van der Waals surface area contributed by atoms with Crippen molar-refractivity contribution >= 4 is 0 Å². The third kappa shape index (κ3) is 3.80. The Morgan fingerprint density at radius 2 is 1.94 bits per heavy atom. The summed E-state index contributed by atoms with van der Waals surface area (Å²) in [5, 5.41) is 13.2. The average molecular weight is 250 g/mol. The third-order valence-electron chi connectivity index (χ3n) is 3.37. The zero-order valence-electron chi connectivity index (χ0n) is 12.2. The van der Waals surface area contributed by atoms with E-state index >= 15 is 0 Å². The Hall–Kier alpha value is -0.900. The van der Waals surface area contributed by atoms with Crippen LogP contribution in [0.15, 0.2) is 18.2 Å². The molecule has 0 saturated heterocycles. The number of hydrogen-bond donors (Lipinski definition) is 2. The van der Waals surface area contributed by atoms with Gasteiger partial charge in [0.25, 0.3) is 0 Å². The maximum absolute atomic E-state index is 9.72. The molecule has 0 radical (unpaired) electrons. The molecule has 102 valence electrons. The molecule has 0 aromatic heterocycles. The van der Waals surface area contributed by atoms with E-state index in [1.165, 1.54) is 16.7 Å². The molecule has 0 heterocycles. The predicted octanol–water partition coefficient (Wildman–Crippen LogP) is 1.66. The van der Waals surface area contributed by atoms with Gasteiger partial charge in [0.15, 0.2) is 0 Å². The molecule has 0 spiro atoms. The van der Waals surface area contributed by atoms with Crippen LogP contribution >= 0.6 is 0 Å². The van der Waals surface area contributed by atoms with Crippen LogP contribution in [0.3, 0.4) is 0 Å². The molecule has 3 nitrogen and oxygen atoms in total. The van der Waals surface area contributed by atoms with Crippen LogP contribution in [0.4, 0.5) is 0 Å². The van der Waals surface area contributed by atoms with Crippen molar-refractivity contribution in [2.45, 2.75) is 26.3 Å². The highest BCUT2D eigenvalue weighted by atomic mass is 16.3. The van der Waals surface area contributed by atoms with Crippen molar-refractivity contribution in [1.82, 2.24) is 10.2 Å². The standard InChI is InChI=1S/C15H26N2O/c1-12-6-7-14(13(2)10-12)15(3,11-18)16-8-9-17(4)5/h6-7,10,16,18H,8-9,11H2,1-5H3. The Kier molecular flexibility index (Phi) is 5.32. The molecule has 0 aliphatic heterocycles. The van der Waals surface area contributed by atoms with Gasteiger partial charge in [-0.05, 0) is 46.0 Å². The SMILES string of the molecule is Cc1ccc(C(C)(CO)NCCN(C)C)c(C)c1. The van der Waals surface area contributed by atoms with Gasteiger partial charge < -0.3 is 15.3 Å². The van der Waals surface area contributed by atoms with Crippen LogP contribution in [0.5, 0.6) is 0 Å². The molecule has 1 aromatic rings. The molecule has 0 aliphatic rings. The van der Waals surface area contributed by atoms with Gasteiger partial charge in [-0.1, -0.05) is 23.8 Å². The van der Waals surface area contributed by atoms with Gasteiger partial charge in [0.1, 0.15) is 0 Å². The number of rotatable bonds is 6. The van der Waals surface area contributed by atoms with E-state index in [-0.39, 0.29) is 12.1 Å². The first-order valence-electron chi connectivity index (χ1n) is 6.47. The summed E-state index contributed by atoms with van der Waals surface area (Å²) in [7, 11) is 4.10. The van der Waals surface area contributed by atoms with E-state index in [9.17, 15) is 5.11 Å². The molecule has 3 heteroatoms. The molecule has 2 N–H and O–H groups in total. The van der Waals surface area contributed by atoms with E-state index in [2.05, 4.69) is 63.3 Å².